The van der Waals surface area contributed by atoms with E-state index in [1.807, 2.05) is 4.90 Å². The Bertz CT molecular complexity index is 1270. The van der Waals surface area contributed by atoms with Crippen LogP contribution in [0.15, 0.2) is 54.9 Å². The summed E-state index contributed by atoms with van der Waals surface area (Å²) in [5.74, 6) is -1.01. The highest BCUT2D eigenvalue weighted by molar-refractivity contribution is 6.37. The fourth-order valence-electron chi connectivity index (χ4n) is 4.18. The molecule has 0 unspecified atom stereocenters. The van der Waals surface area contributed by atoms with Gasteiger partial charge in [-0.25, -0.2) is 14.4 Å². The highest BCUT2D eigenvalue weighted by atomic mass is 19.1. The number of carbonyl (C=O) groups excluding carboxylic acids is 3. The summed E-state index contributed by atoms with van der Waals surface area (Å²) in [5.41, 5.74) is 1.52. The number of anilines is 2. The number of hydrogen-bond donors (Lipinski definition) is 1. The van der Waals surface area contributed by atoms with E-state index >= 15 is 0 Å². The Balaban J connectivity index is 1.49. The third-order valence-electron chi connectivity index (χ3n) is 5.99. The van der Waals surface area contributed by atoms with E-state index in [9.17, 15) is 18.8 Å². The fraction of sp³-hybridized carbons (Fsp3) is 0.240. The molecule has 0 bridgehead atoms. The van der Waals surface area contributed by atoms with Gasteiger partial charge in [0.15, 0.2) is 0 Å². The lowest BCUT2D eigenvalue weighted by molar-refractivity contribution is -0.108. The molecule has 9 nitrogen and oxygen atoms in total. The molecule has 2 aromatic carbocycles. The van der Waals surface area contributed by atoms with Crippen LogP contribution < -0.4 is 20.6 Å². The molecule has 0 spiro atoms. The van der Waals surface area contributed by atoms with Crippen LogP contribution in [0.25, 0.3) is 0 Å². The third kappa shape index (κ3) is 5.35. The topological polar surface area (TPSA) is 98.7 Å². The molecule has 2 radical (unpaired) electrons. The summed E-state index contributed by atoms with van der Waals surface area (Å²) >= 11 is 0. The standard InChI is InChI=1S/C25H24BFN6O3/c1-31(21-5-2-4-19(26)22(21)23(35)30-16-34)15-17-6-7-20(27)18(14-17)24(36)32-10-12-33(13-11-32)25-28-8-3-9-29-25/h2-9,14,16H,10-13,15H2,1H3,(H,30,34,35). The Morgan fingerprint density at radius 2 is 1.83 bits per heavy atom. The molecule has 2 heterocycles. The van der Waals surface area contributed by atoms with E-state index in [-0.39, 0.29) is 29.0 Å². The normalized spacial score (nSPS) is 13.3. The molecule has 0 aliphatic carbocycles. The fourth-order valence-corrected chi connectivity index (χ4v) is 4.18. The second-order valence-corrected chi connectivity index (χ2v) is 8.33. The molecule has 1 aliphatic heterocycles. The SMILES string of the molecule is [B]c1cccc(N(C)Cc2ccc(F)c(C(=O)N3CCN(c4ncccn4)CC3)c2)c1C(=O)NC=O. The summed E-state index contributed by atoms with van der Waals surface area (Å²) in [6.45, 7) is 2.19. The van der Waals surface area contributed by atoms with Crippen LogP contribution in [0.3, 0.4) is 0 Å². The number of rotatable bonds is 7. The molecule has 1 fully saturated rings. The van der Waals surface area contributed by atoms with Gasteiger partial charge in [0.25, 0.3) is 11.8 Å². The van der Waals surface area contributed by atoms with Crippen LogP contribution >= 0.6 is 0 Å². The van der Waals surface area contributed by atoms with Crippen molar-refractivity contribution in [3.8, 4) is 0 Å². The van der Waals surface area contributed by atoms with Crippen molar-refractivity contribution in [2.24, 2.45) is 0 Å². The van der Waals surface area contributed by atoms with Crippen molar-refractivity contribution in [1.29, 1.82) is 0 Å². The maximum absolute atomic E-state index is 14.7. The van der Waals surface area contributed by atoms with Crippen molar-refractivity contribution in [3.05, 3.63) is 77.4 Å². The molecule has 4 rings (SSSR count). The highest BCUT2D eigenvalue weighted by Crippen LogP contribution is 2.22. The minimum atomic E-state index is -0.625. The maximum atomic E-state index is 14.7. The monoisotopic (exact) mass is 486 g/mol. The lowest BCUT2D eigenvalue weighted by Crippen LogP contribution is -2.49. The van der Waals surface area contributed by atoms with Gasteiger partial charge in [-0.3, -0.25) is 19.7 Å². The summed E-state index contributed by atoms with van der Waals surface area (Å²) in [4.78, 5) is 50.1. The molecule has 36 heavy (non-hydrogen) atoms. The predicted octanol–water partition coefficient (Wildman–Crippen LogP) is 0.895. The van der Waals surface area contributed by atoms with E-state index in [2.05, 4.69) is 15.3 Å². The summed E-state index contributed by atoms with van der Waals surface area (Å²) in [6.07, 6.45) is 3.63. The van der Waals surface area contributed by atoms with E-state index in [0.29, 0.717) is 49.8 Å². The molecular weight excluding hydrogens is 462 g/mol. The Kier molecular flexibility index (Phi) is 7.57. The van der Waals surface area contributed by atoms with Gasteiger partial charge in [-0.05, 0) is 29.8 Å². The van der Waals surface area contributed by atoms with E-state index in [1.165, 1.54) is 12.1 Å². The first kappa shape index (κ1) is 24.8. The van der Waals surface area contributed by atoms with Gasteiger partial charge >= 0.3 is 0 Å². The Morgan fingerprint density at radius 1 is 1.11 bits per heavy atom. The quantitative estimate of drug-likeness (QED) is 0.392. The highest BCUT2D eigenvalue weighted by Gasteiger charge is 2.25. The second kappa shape index (κ2) is 11.0. The number of piperazine rings is 1. The number of carbonyl (C=O) groups is 3. The van der Waals surface area contributed by atoms with E-state index < -0.39 is 11.7 Å². The Labute approximate surface area is 209 Å². The second-order valence-electron chi connectivity index (χ2n) is 8.33. The molecule has 1 aliphatic rings. The lowest BCUT2D eigenvalue weighted by Gasteiger charge is -2.34. The molecular formula is C25H24BFN6O3. The lowest BCUT2D eigenvalue weighted by atomic mass is 9.88. The van der Waals surface area contributed by atoms with Crippen molar-refractivity contribution in [2.75, 3.05) is 43.0 Å². The van der Waals surface area contributed by atoms with Crippen LogP contribution in [0.1, 0.15) is 26.3 Å². The molecule has 3 aromatic rings. The van der Waals surface area contributed by atoms with Crippen LogP contribution in [-0.4, -0.2) is 74.2 Å². The summed E-state index contributed by atoms with van der Waals surface area (Å²) < 4.78 is 14.7. The van der Waals surface area contributed by atoms with Crippen molar-refractivity contribution >= 4 is 43.2 Å². The first-order chi connectivity index (χ1) is 17.4. The number of halogens is 1. The number of nitrogens with one attached hydrogen (secondary N) is 1. The zero-order valence-electron chi connectivity index (χ0n) is 19.7. The van der Waals surface area contributed by atoms with Gasteiger partial charge in [-0.2, -0.15) is 0 Å². The van der Waals surface area contributed by atoms with Crippen LogP contribution in [-0.2, 0) is 11.3 Å². The molecule has 182 valence electrons. The minimum absolute atomic E-state index is 0.0168. The van der Waals surface area contributed by atoms with Gasteiger partial charge in [0.1, 0.15) is 13.7 Å². The predicted molar refractivity (Wildman–Crippen MR) is 134 cm³/mol. The van der Waals surface area contributed by atoms with Crippen molar-refractivity contribution in [2.45, 2.75) is 6.54 Å². The molecule has 11 heteroatoms. The number of nitrogens with zero attached hydrogens (tertiary/aromatic N) is 5. The van der Waals surface area contributed by atoms with Crippen LogP contribution in [0.5, 0.6) is 0 Å². The molecule has 3 amide bonds. The minimum Gasteiger partial charge on any atom is -0.370 e. The molecule has 1 aromatic heterocycles. The van der Waals surface area contributed by atoms with Gasteiger partial charge in [-0.15, -0.1) is 0 Å². The zero-order chi connectivity index (χ0) is 25.7. The molecule has 1 saturated heterocycles. The molecule has 1 N–H and O–H groups in total. The number of benzene rings is 2. The Hall–Kier alpha value is -4.28. The van der Waals surface area contributed by atoms with Crippen LogP contribution in [0, 0.1) is 5.82 Å². The molecule has 0 atom stereocenters. The number of aromatic nitrogens is 2. The van der Waals surface area contributed by atoms with Crippen LogP contribution in [0.2, 0.25) is 0 Å². The van der Waals surface area contributed by atoms with Crippen LogP contribution in [0.4, 0.5) is 16.0 Å². The van der Waals surface area contributed by atoms with E-state index in [1.54, 1.807) is 59.6 Å². The number of hydrogen-bond acceptors (Lipinski definition) is 7. The van der Waals surface area contributed by atoms with Crippen molar-refractivity contribution in [1.82, 2.24) is 20.2 Å². The average molecular weight is 486 g/mol. The van der Waals surface area contributed by atoms with Gasteiger partial charge < -0.3 is 14.7 Å². The smallest absolute Gasteiger partial charge is 0.259 e. The molecule has 0 saturated carbocycles. The van der Waals surface area contributed by atoms with Crippen molar-refractivity contribution < 1.29 is 18.8 Å². The summed E-state index contributed by atoms with van der Waals surface area (Å²) in [6, 6.07) is 11.1. The zero-order valence-corrected chi connectivity index (χ0v) is 19.7. The van der Waals surface area contributed by atoms with Gasteiger partial charge in [0.05, 0.1) is 11.1 Å². The van der Waals surface area contributed by atoms with E-state index in [0.717, 1.165) is 0 Å². The largest absolute Gasteiger partial charge is 0.370 e. The maximum Gasteiger partial charge on any atom is 0.259 e. The Morgan fingerprint density at radius 3 is 2.53 bits per heavy atom. The van der Waals surface area contributed by atoms with Gasteiger partial charge in [0.2, 0.25) is 12.4 Å². The number of amides is 3. The van der Waals surface area contributed by atoms with Gasteiger partial charge in [-0.1, -0.05) is 23.7 Å². The van der Waals surface area contributed by atoms with E-state index in [4.69, 9.17) is 7.85 Å². The number of imide groups is 1. The van der Waals surface area contributed by atoms with Gasteiger partial charge in [0, 0.05) is 57.9 Å². The summed E-state index contributed by atoms with van der Waals surface area (Å²) in [5, 5.41) is 2.11. The first-order valence-electron chi connectivity index (χ1n) is 11.3. The van der Waals surface area contributed by atoms with Crippen molar-refractivity contribution in [3.63, 3.8) is 0 Å². The first-order valence-corrected chi connectivity index (χ1v) is 11.3. The average Bonchev–Trinajstić information content (AvgIpc) is 2.90. The summed E-state index contributed by atoms with van der Waals surface area (Å²) in [7, 11) is 7.72. The third-order valence-corrected chi connectivity index (χ3v) is 5.99.